The second kappa shape index (κ2) is 5.27. The number of aromatic nitrogens is 2. The summed E-state index contributed by atoms with van der Waals surface area (Å²) in [6.07, 6.45) is 5.80. The van der Waals surface area contributed by atoms with Gasteiger partial charge in [0.05, 0.1) is 5.69 Å². The molecule has 116 valence electrons. The molecule has 0 N–H and O–H groups in total. The predicted molar refractivity (Wildman–Crippen MR) is 90.3 cm³/mol. The number of Topliss-reactive ketones (excluding diaryl/α,β-unsaturated/α-hetero) is 1. The Morgan fingerprint density at radius 3 is 2.74 bits per heavy atom. The van der Waals surface area contributed by atoms with E-state index in [0.717, 1.165) is 24.1 Å². The topological polar surface area (TPSA) is 34.4 Å². The lowest BCUT2D eigenvalue weighted by atomic mass is 10.1. The summed E-state index contributed by atoms with van der Waals surface area (Å²) in [4.78, 5) is 16.4. The van der Waals surface area contributed by atoms with Crippen molar-refractivity contribution in [3.8, 4) is 11.3 Å². The van der Waals surface area contributed by atoms with E-state index in [0.29, 0.717) is 27.2 Å². The molecule has 0 spiro atoms. The van der Waals surface area contributed by atoms with Gasteiger partial charge in [-0.2, -0.15) is 0 Å². The molecule has 5 heteroatoms. The SMILES string of the molecule is CC(=O)c1cc(C2CC2)c2nc(-c3ccc(Br)cc3F)cn2c1. The molecular formula is C18H14BrFN2O. The molecule has 2 heterocycles. The zero-order chi connectivity index (χ0) is 16.1. The van der Waals surface area contributed by atoms with Crippen LogP contribution in [-0.2, 0) is 0 Å². The van der Waals surface area contributed by atoms with Gasteiger partial charge in [-0.15, -0.1) is 0 Å². The van der Waals surface area contributed by atoms with Crippen molar-refractivity contribution in [2.24, 2.45) is 0 Å². The molecule has 1 fully saturated rings. The van der Waals surface area contributed by atoms with Crippen molar-refractivity contribution in [1.29, 1.82) is 0 Å². The molecule has 0 radical (unpaired) electrons. The maximum atomic E-state index is 14.2. The highest BCUT2D eigenvalue weighted by Gasteiger charge is 2.28. The van der Waals surface area contributed by atoms with Crippen LogP contribution in [0.3, 0.4) is 0 Å². The van der Waals surface area contributed by atoms with Gasteiger partial charge in [0.1, 0.15) is 11.5 Å². The summed E-state index contributed by atoms with van der Waals surface area (Å²) in [6, 6.07) is 6.88. The number of halogens is 2. The molecule has 1 aromatic carbocycles. The molecule has 3 nitrogen and oxygen atoms in total. The highest BCUT2D eigenvalue weighted by atomic mass is 79.9. The van der Waals surface area contributed by atoms with E-state index in [4.69, 9.17) is 0 Å². The van der Waals surface area contributed by atoms with E-state index >= 15 is 0 Å². The lowest BCUT2D eigenvalue weighted by Crippen LogP contribution is -1.99. The van der Waals surface area contributed by atoms with Crippen molar-refractivity contribution >= 4 is 27.4 Å². The molecule has 0 amide bonds. The Bertz CT molecular complexity index is 944. The highest BCUT2D eigenvalue weighted by molar-refractivity contribution is 9.10. The number of ketones is 1. The Morgan fingerprint density at radius 2 is 2.09 bits per heavy atom. The number of imidazole rings is 1. The lowest BCUT2D eigenvalue weighted by Gasteiger charge is -2.04. The maximum Gasteiger partial charge on any atom is 0.161 e. The van der Waals surface area contributed by atoms with Gasteiger partial charge in [-0.3, -0.25) is 4.79 Å². The Balaban J connectivity index is 1.93. The fourth-order valence-electron chi connectivity index (χ4n) is 2.84. The first-order chi connectivity index (χ1) is 11.0. The predicted octanol–water partition coefficient (Wildman–Crippen LogP) is 4.98. The van der Waals surface area contributed by atoms with Gasteiger partial charge >= 0.3 is 0 Å². The van der Waals surface area contributed by atoms with E-state index in [2.05, 4.69) is 20.9 Å². The van der Waals surface area contributed by atoms with Crippen molar-refractivity contribution in [1.82, 2.24) is 9.38 Å². The number of hydrogen-bond donors (Lipinski definition) is 0. The maximum absolute atomic E-state index is 14.2. The highest BCUT2D eigenvalue weighted by Crippen LogP contribution is 2.42. The minimum Gasteiger partial charge on any atom is -0.305 e. The Hall–Kier alpha value is -2.01. The second-order valence-corrected chi connectivity index (χ2v) is 6.91. The lowest BCUT2D eigenvalue weighted by molar-refractivity contribution is 0.101. The number of fused-ring (bicyclic) bond motifs is 1. The molecule has 3 aromatic rings. The third-order valence-electron chi connectivity index (χ3n) is 4.21. The van der Waals surface area contributed by atoms with Crippen LogP contribution in [0.1, 0.15) is 41.6 Å². The van der Waals surface area contributed by atoms with Crippen LogP contribution < -0.4 is 0 Å². The van der Waals surface area contributed by atoms with Crippen molar-refractivity contribution in [3.05, 3.63) is 58.1 Å². The van der Waals surface area contributed by atoms with Crippen LogP contribution in [0.15, 0.2) is 41.1 Å². The van der Waals surface area contributed by atoms with Crippen LogP contribution in [0.2, 0.25) is 0 Å². The van der Waals surface area contributed by atoms with Gasteiger partial charge in [-0.05, 0) is 55.5 Å². The van der Waals surface area contributed by atoms with E-state index < -0.39 is 0 Å². The van der Waals surface area contributed by atoms with Gasteiger partial charge in [0.15, 0.2) is 5.78 Å². The largest absolute Gasteiger partial charge is 0.305 e. The van der Waals surface area contributed by atoms with Gasteiger partial charge in [0, 0.05) is 28.0 Å². The molecule has 1 aliphatic carbocycles. The van der Waals surface area contributed by atoms with Crippen LogP contribution in [0, 0.1) is 5.82 Å². The van der Waals surface area contributed by atoms with Crippen LogP contribution in [0.25, 0.3) is 16.9 Å². The molecule has 0 bridgehead atoms. The van der Waals surface area contributed by atoms with E-state index in [-0.39, 0.29) is 11.6 Å². The number of pyridine rings is 1. The minimum atomic E-state index is -0.317. The zero-order valence-corrected chi connectivity index (χ0v) is 14.1. The molecule has 0 saturated heterocycles. The van der Waals surface area contributed by atoms with Crippen molar-refractivity contribution in [2.45, 2.75) is 25.7 Å². The smallest absolute Gasteiger partial charge is 0.161 e. The summed E-state index contributed by atoms with van der Waals surface area (Å²) in [5.41, 5.74) is 3.61. The number of carbonyl (C=O) groups excluding carboxylic acids is 1. The van der Waals surface area contributed by atoms with Crippen LogP contribution in [-0.4, -0.2) is 15.2 Å². The monoisotopic (exact) mass is 372 g/mol. The Kier molecular flexibility index (Phi) is 3.34. The second-order valence-electron chi connectivity index (χ2n) is 6.00. The minimum absolute atomic E-state index is 0.0267. The fourth-order valence-corrected chi connectivity index (χ4v) is 3.17. The number of rotatable bonds is 3. The van der Waals surface area contributed by atoms with Gasteiger partial charge in [0.2, 0.25) is 0 Å². The fraction of sp³-hybridized carbons (Fsp3) is 0.222. The number of hydrogen-bond acceptors (Lipinski definition) is 2. The van der Waals surface area contributed by atoms with Crippen molar-refractivity contribution in [3.63, 3.8) is 0 Å². The molecule has 1 saturated carbocycles. The number of benzene rings is 1. The number of nitrogens with zero attached hydrogens (tertiary/aromatic N) is 2. The number of carbonyl (C=O) groups is 1. The summed E-state index contributed by atoms with van der Waals surface area (Å²) in [7, 11) is 0. The average molecular weight is 373 g/mol. The van der Waals surface area contributed by atoms with Gasteiger partial charge < -0.3 is 4.40 Å². The molecule has 0 unspecified atom stereocenters. The first-order valence-corrected chi connectivity index (χ1v) is 8.31. The Labute approximate surface area is 141 Å². The van der Waals surface area contributed by atoms with Crippen LogP contribution >= 0.6 is 15.9 Å². The van der Waals surface area contributed by atoms with Crippen molar-refractivity contribution in [2.75, 3.05) is 0 Å². The first kappa shape index (κ1) is 14.6. The molecule has 23 heavy (non-hydrogen) atoms. The summed E-state index contributed by atoms with van der Waals surface area (Å²) >= 11 is 3.26. The quantitative estimate of drug-likeness (QED) is 0.607. The van der Waals surface area contributed by atoms with Gasteiger partial charge in [-0.1, -0.05) is 15.9 Å². The summed E-state index contributed by atoms with van der Waals surface area (Å²) in [5.74, 6) is 0.170. The van der Waals surface area contributed by atoms with Crippen LogP contribution in [0.4, 0.5) is 4.39 Å². The molecule has 1 aliphatic rings. The molecule has 2 aromatic heterocycles. The van der Waals surface area contributed by atoms with Crippen molar-refractivity contribution < 1.29 is 9.18 Å². The van der Waals surface area contributed by atoms with E-state index in [1.807, 2.05) is 10.5 Å². The molecule has 0 aliphatic heterocycles. The molecular weight excluding hydrogens is 359 g/mol. The third-order valence-corrected chi connectivity index (χ3v) is 4.70. The standard InChI is InChI=1S/C18H14BrFN2O/c1-10(23)12-6-15(11-2-3-11)18-21-17(9-22(18)8-12)14-5-4-13(19)7-16(14)20/h4-9,11H,2-3H2,1H3. The van der Waals surface area contributed by atoms with Gasteiger partial charge in [-0.25, -0.2) is 9.37 Å². The average Bonchev–Trinajstić information content (AvgIpc) is 3.25. The summed E-state index contributed by atoms with van der Waals surface area (Å²) in [6.45, 7) is 1.56. The summed E-state index contributed by atoms with van der Waals surface area (Å²) in [5, 5.41) is 0. The normalized spacial score (nSPS) is 14.4. The van der Waals surface area contributed by atoms with E-state index in [1.54, 1.807) is 31.5 Å². The zero-order valence-electron chi connectivity index (χ0n) is 12.5. The first-order valence-electron chi connectivity index (χ1n) is 7.52. The summed E-state index contributed by atoms with van der Waals surface area (Å²) < 4.78 is 16.8. The van der Waals surface area contributed by atoms with E-state index in [1.165, 1.54) is 6.07 Å². The Morgan fingerprint density at radius 1 is 1.30 bits per heavy atom. The third kappa shape index (κ3) is 2.59. The molecule has 4 rings (SSSR count). The van der Waals surface area contributed by atoms with E-state index in [9.17, 15) is 9.18 Å². The van der Waals surface area contributed by atoms with Crippen LogP contribution in [0.5, 0.6) is 0 Å². The van der Waals surface area contributed by atoms with Gasteiger partial charge in [0.25, 0.3) is 0 Å². The molecule has 0 atom stereocenters.